The van der Waals surface area contributed by atoms with Gasteiger partial charge in [0.25, 0.3) is 5.91 Å². The monoisotopic (exact) mass is 410 g/mol. The van der Waals surface area contributed by atoms with Gasteiger partial charge >= 0.3 is 0 Å². The summed E-state index contributed by atoms with van der Waals surface area (Å²) in [7, 11) is 0. The van der Waals surface area contributed by atoms with Gasteiger partial charge in [-0.05, 0) is 54.8 Å². The predicted molar refractivity (Wildman–Crippen MR) is 115 cm³/mol. The smallest absolute Gasteiger partial charge is 0.293 e. The van der Waals surface area contributed by atoms with Crippen LogP contribution in [0.1, 0.15) is 35.9 Å². The SMILES string of the molecule is CCCCc1ccc2nc(NC(=O)c3ccc(-c4cccc(Cl)c4)o3)sc2c1. The molecule has 0 saturated carbocycles. The number of carbonyl (C=O) groups excluding carboxylic acids is 1. The lowest BCUT2D eigenvalue weighted by atomic mass is 10.1. The van der Waals surface area contributed by atoms with Crippen LogP contribution < -0.4 is 5.32 Å². The Morgan fingerprint density at radius 3 is 2.89 bits per heavy atom. The summed E-state index contributed by atoms with van der Waals surface area (Å²) in [4.78, 5) is 17.1. The first-order valence-electron chi connectivity index (χ1n) is 9.19. The van der Waals surface area contributed by atoms with Crippen molar-refractivity contribution in [3.8, 4) is 11.3 Å². The summed E-state index contributed by atoms with van der Waals surface area (Å²) in [5.74, 6) is 0.508. The lowest BCUT2D eigenvalue weighted by molar-refractivity contribution is 0.0997. The molecule has 4 rings (SSSR count). The van der Waals surface area contributed by atoms with Crippen molar-refractivity contribution in [2.75, 3.05) is 5.32 Å². The number of hydrogen-bond donors (Lipinski definition) is 1. The number of furan rings is 1. The van der Waals surface area contributed by atoms with Crippen molar-refractivity contribution < 1.29 is 9.21 Å². The lowest BCUT2D eigenvalue weighted by Crippen LogP contribution is -2.10. The molecule has 4 nitrogen and oxygen atoms in total. The maximum Gasteiger partial charge on any atom is 0.293 e. The van der Waals surface area contributed by atoms with Gasteiger partial charge in [0, 0.05) is 10.6 Å². The van der Waals surface area contributed by atoms with Gasteiger partial charge in [-0.25, -0.2) is 4.98 Å². The van der Waals surface area contributed by atoms with E-state index >= 15 is 0 Å². The van der Waals surface area contributed by atoms with Crippen molar-refractivity contribution in [1.82, 2.24) is 4.98 Å². The molecule has 4 aromatic rings. The first-order chi connectivity index (χ1) is 13.6. The molecule has 0 spiro atoms. The minimum absolute atomic E-state index is 0.234. The van der Waals surface area contributed by atoms with E-state index in [1.165, 1.54) is 29.7 Å². The van der Waals surface area contributed by atoms with Crippen LogP contribution in [-0.2, 0) is 6.42 Å². The van der Waals surface area contributed by atoms with Gasteiger partial charge in [0.1, 0.15) is 5.76 Å². The van der Waals surface area contributed by atoms with Gasteiger partial charge in [0.2, 0.25) is 0 Å². The van der Waals surface area contributed by atoms with Gasteiger partial charge in [-0.15, -0.1) is 0 Å². The zero-order chi connectivity index (χ0) is 19.5. The highest BCUT2D eigenvalue weighted by atomic mass is 35.5. The minimum Gasteiger partial charge on any atom is -0.451 e. The van der Waals surface area contributed by atoms with E-state index in [0.717, 1.165) is 22.2 Å². The molecule has 2 heterocycles. The topological polar surface area (TPSA) is 55.1 Å². The summed E-state index contributed by atoms with van der Waals surface area (Å²) in [5, 5.41) is 4.02. The Bertz CT molecular complexity index is 1130. The Kier molecular flexibility index (Phi) is 5.46. The molecule has 1 N–H and O–H groups in total. The van der Waals surface area contributed by atoms with Crippen molar-refractivity contribution in [1.29, 1.82) is 0 Å². The van der Waals surface area contributed by atoms with E-state index in [-0.39, 0.29) is 11.7 Å². The van der Waals surface area contributed by atoms with Crippen LogP contribution in [-0.4, -0.2) is 10.9 Å². The van der Waals surface area contributed by atoms with E-state index in [2.05, 4.69) is 29.4 Å². The van der Waals surface area contributed by atoms with Crippen molar-refractivity contribution in [2.24, 2.45) is 0 Å². The largest absolute Gasteiger partial charge is 0.451 e. The molecule has 0 aliphatic carbocycles. The number of amides is 1. The summed E-state index contributed by atoms with van der Waals surface area (Å²) < 4.78 is 6.77. The fourth-order valence-electron chi connectivity index (χ4n) is 2.97. The summed E-state index contributed by atoms with van der Waals surface area (Å²) in [6.07, 6.45) is 3.40. The Morgan fingerprint density at radius 2 is 2.07 bits per heavy atom. The number of thiazole rings is 1. The highest BCUT2D eigenvalue weighted by Crippen LogP contribution is 2.29. The number of aryl methyl sites for hydroxylation is 1. The Labute approximate surface area is 172 Å². The Morgan fingerprint density at radius 1 is 1.18 bits per heavy atom. The van der Waals surface area contributed by atoms with Crippen LogP contribution in [0, 0.1) is 0 Å². The van der Waals surface area contributed by atoms with Crippen molar-refractivity contribution >= 4 is 44.2 Å². The van der Waals surface area contributed by atoms with Crippen molar-refractivity contribution in [2.45, 2.75) is 26.2 Å². The van der Waals surface area contributed by atoms with Crippen LogP contribution in [0.5, 0.6) is 0 Å². The second-order valence-corrected chi connectivity index (χ2v) is 8.02. The molecule has 0 bridgehead atoms. The predicted octanol–water partition coefficient (Wildman–Crippen LogP) is 6.80. The van der Waals surface area contributed by atoms with Crippen LogP contribution in [0.2, 0.25) is 5.02 Å². The zero-order valence-electron chi connectivity index (χ0n) is 15.4. The van der Waals surface area contributed by atoms with Gasteiger partial charge in [0.15, 0.2) is 10.9 Å². The summed E-state index contributed by atoms with van der Waals surface area (Å²) in [6, 6.07) is 17.0. The van der Waals surface area contributed by atoms with E-state index < -0.39 is 0 Å². The third-order valence-corrected chi connectivity index (χ3v) is 5.60. The Balaban J connectivity index is 1.50. The Hall–Kier alpha value is -2.63. The first-order valence-corrected chi connectivity index (χ1v) is 10.4. The number of nitrogens with zero attached hydrogens (tertiary/aromatic N) is 1. The number of benzene rings is 2. The number of hydrogen-bond acceptors (Lipinski definition) is 4. The lowest BCUT2D eigenvalue weighted by Gasteiger charge is -1.99. The number of anilines is 1. The molecule has 0 aliphatic rings. The molecule has 6 heteroatoms. The molecular weight excluding hydrogens is 392 g/mol. The summed E-state index contributed by atoms with van der Waals surface area (Å²) >= 11 is 7.49. The standard InChI is InChI=1S/C22H19ClN2O2S/c1-2-3-5-14-8-9-17-20(12-14)28-22(24-17)25-21(26)19-11-10-18(27-19)15-6-4-7-16(23)13-15/h4,6-13H,2-3,5H2,1H3,(H,24,25,26). The van der Waals surface area contributed by atoms with Gasteiger partial charge < -0.3 is 4.42 Å². The number of carbonyl (C=O) groups is 1. The molecule has 0 aliphatic heterocycles. The molecule has 0 fully saturated rings. The second-order valence-electron chi connectivity index (χ2n) is 6.55. The third-order valence-electron chi connectivity index (χ3n) is 4.43. The molecule has 0 unspecified atom stereocenters. The van der Waals surface area contributed by atoms with Crippen molar-refractivity contribution in [3.63, 3.8) is 0 Å². The van der Waals surface area contributed by atoms with Crippen LogP contribution in [0.15, 0.2) is 59.0 Å². The number of aromatic nitrogens is 1. The normalized spacial score (nSPS) is 11.1. The fraction of sp³-hybridized carbons (Fsp3) is 0.182. The number of unbranched alkanes of at least 4 members (excludes halogenated alkanes) is 1. The average molecular weight is 411 g/mol. The van der Waals surface area contributed by atoms with Gasteiger partial charge in [-0.2, -0.15) is 0 Å². The van der Waals surface area contributed by atoms with E-state index in [9.17, 15) is 4.79 Å². The van der Waals surface area contributed by atoms with Crippen LogP contribution >= 0.6 is 22.9 Å². The third kappa shape index (κ3) is 4.11. The molecule has 28 heavy (non-hydrogen) atoms. The molecular formula is C22H19ClN2O2S. The van der Waals surface area contributed by atoms with Gasteiger partial charge in [-0.3, -0.25) is 10.1 Å². The molecule has 0 saturated heterocycles. The summed E-state index contributed by atoms with van der Waals surface area (Å²) in [6.45, 7) is 2.19. The number of nitrogens with one attached hydrogen (secondary N) is 1. The van der Waals surface area contributed by atoms with E-state index in [1.807, 2.05) is 18.2 Å². The van der Waals surface area contributed by atoms with Crippen molar-refractivity contribution in [3.05, 3.63) is 70.9 Å². The summed E-state index contributed by atoms with van der Waals surface area (Å²) in [5.41, 5.74) is 3.01. The maximum absolute atomic E-state index is 12.5. The van der Waals surface area contributed by atoms with E-state index in [1.54, 1.807) is 24.3 Å². The molecule has 2 aromatic carbocycles. The number of rotatable bonds is 6. The molecule has 1 amide bonds. The van der Waals surface area contributed by atoms with Gasteiger partial charge in [-0.1, -0.05) is 54.5 Å². The quantitative estimate of drug-likeness (QED) is 0.380. The van der Waals surface area contributed by atoms with Crippen LogP contribution in [0.4, 0.5) is 5.13 Å². The number of fused-ring (bicyclic) bond motifs is 1. The first kappa shape index (κ1) is 18.7. The zero-order valence-corrected chi connectivity index (χ0v) is 16.9. The van der Waals surface area contributed by atoms with Crippen LogP contribution in [0.3, 0.4) is 0 Å². The molecule has 0 atom stereocenters. The minimum atomic E-state index is -0.321. The highest BCUT2D eigenvalue weighted by Gasteiger charge is 2.15. The fourth-order valence-corrected chi connectivity index (χ4v) is 4.09. The highest BCUT2D eigenvalue weighted by molar-refractivity contribution is 7.22. The molecule has 0 radical (unpaired) electrons. The number of halogens is 1. The maximum atomic E-state index is 12.5. The molecule has 2 aromatic heterocycles. The van der Waals surface area contributed by atoms with E-state index in [4.69, 9.17) is 16.0 Å². The van der Waals surface area contributed by atoms with Crippen LogP contribution in [0.25, 0.3) is 21.5 Å². The molecule has 142 valence electrons. The van der Waals surface area contributed by atoms with Gasteiger partial charge in [0.05, 0.1) is 10.2 Å². The average Bonchev–Trinajstić information content (AvgIpc) is 3.32. The van der Waals surface area contributed by atoms with E-state index in [0.29, 0.717) is 15.9 Å². The second kappa shape index (κ2) is 8.17.